The summed E-state index contributed by atoms with van der Waals surface area (Å²) in [5, 5.41) is 0.646. The molecule has 0 saturated carbocycles. The molecule has 0 aliphatic rings. The number of methoxy groups -OCH3 is 1. The van der Waals surface area contributed by atoms with E-state index in [9.17, 15) is 9.59 Å². The van der Waals surface area contributed by atoms with Crippen LogP contribution in [0.2, 0.25) is 5.02 Å². The number of hydrogen-bond acceptors (Lipinski definition) is 4. The van der Waals surface area contributed by atoms with Gasteiger partial charge in [-0.05, 0) is 55.8 Å². The second-order valence-corrected chi connectivity index (χ2v) is 6.85. The predicted molar refractivity (Wildman–Crippen MR) is 97.2 cm³/mol. The van der Waals surface area contributed by atoms with Crippen molar-refractivity contribution in [3.05, 3.63) is 64.7 Å². The average Bonchev–Trinajstić information content (AvgIpc) is 2.61. The second kappa shape index (κ2) is 8.17. The zero-order valence-electron chi connectivity index (χ0n) is 14.5. The molecule has 0 bridgehead atoms. The van der Waals surface area contributed by atoms with Gasteiger partial charge >= 0.3 is 5.97 Å². The highest BCUT2D eigenvalue weighted by Gasteiger charge is 2.29. The summed E-state index contributed by atoms with van der Waals surface area (Å²) >= 11 is 5.85. The van der Waals surface area contributed by atoms with Crippen molar-refractivity contribution >= 4 is 23.4 Å². The van der Waals surface area contributed by atoms with Gasteiger partial charge in [-0.15, -0.1) is 0 Å². The lowest BCUT2D eigenvalue weighted by Gasteiger charge is -2.21. The number of benzene rings is 2. The molecular formula is C20H21ClO4. The van der Waals surface area contributed by atoms with Crippen LogP contribution in [0.5, 0.6) is 5.75 Å². The molecule has 25 heavy (non-hydrogen) atoms. The van der Waals surface area contributed by atoms with Crippen molar-refractivity contribution in [2.45, 2.75) is 20.3 Å². The fourth-order valence-corrected chi connectivity index (χ4v) is 2.35. The van der Waals surface area contributed by atoms with Gasteiger partial charge in [0.15, 0.2) is 5.78 Å². The summed E-state index contributed by atoms with van der Waals surface area (Å²) in [5.41, 5.74) is 0.779. The third-order valence-corrected chi connectivity index (χ3v) is 4.04. The third kappa shape index (κ3) is 5.33. The minimum absolute atomic E-state index is 0.0174. The van der Waals surface area contributed by atoms with Crippen LogP contribution >= 0.6 is 11.6 Å². The number of ketones is 1. The molecule has 0 amide bonds. The van der Waals surface area contributed by atoms with Crippen LogP contribution < -0.4 is 4.74 Å². The van der Waals surface area contributed by atoms with Crippen molar-refractivity contribution in [2.75, 3.05) is 13.7 Å². The summed E-state index contributed by atoms with van der Waals surface area (Å²) in [6, 6.07) is 14.1. The van der Waals surface area contributed by atoms with Crippen LogP contribution in [0.4, 0.5) is 0 Å². The summed E-state index contributed by atoms with van der Waals surface area (Å²) in [6.45, 7) is 3.70. The van der Waals surface area contributed by atoms with Crippen molar-refractivity contribution in [1.82, 2.24) is 0 Å². The summed E-state index contributed by atoms with van der Waals surface area (Å²) < 4.78 is 10.4. The average molecular weight is 361 g/mol. The maximum Gasteiger partial charge on any atom is 0.314 e. The molecule has 5 heteroatoms. The van der Waals surface area contributed by atoms with E-state index in [2.05, 4.69) is 0 Å². The highest BCUT2D eigenvalue weighted by molar-refractivity contribution is 6.30. The van der Waals surface area contributed by atoms with Crippen LogP contribution in [-0.2, 0) is 16.0 Å². The van der Waals surface area contributed by atoms with Gasteiger partial charge in [-0.3, -0.25) is 9.59 Å². The number of ether oxygens (including phenoxy) is 2. The van der Waals surface area contributed by atoms with E-state index in [1.165, 1.54) is 7.11 Å². The smallest absolute Gasteiger partial charge is 0.314 e. The number of Topliss-reactive ketones (excluding diaryl/α,β-unsaturated/α-hetero) is 1. The number of esters is 1. The number of carbonyl (C=O) groups is 2. The lowest BCUT2D eigenvalue weighted by Crippen LogP contribution is -2.32. The second-order valence-electron chi connectivity index (χ2n) is 6.41. The molecule has 0 radical (unpaired) electrons. The van der Waals surface area contributed by atoms with Gasteiger partial charge in [0.2, 0.25) is 0 Å². The molecule has 132 valence electrons. The topological polar surface area (TPSA) is 52.6 Å². The molecule has 0 saturated heterocycles. The lowest BCUT2D eigenvalue weighted by atomic mass is 9.95. The fraction of sp³-hybridized carbons (Fsp3) is 0.300. The summed E-state index contributed by atoms with van der Waals surface area (Å²) in [4.78, 5) is 24.0. The first-order valence-electron chi connectivity index (χ1n) is 7.91. The zero-order chi connectivity index (χ0) is 18.4. The number of carbonyl (C=O) groups excluding carboxylic acids is 2. The van der Waals surface area contributed by atoms with Gasteiger partial charge in [0.1, 0.15) is 12.4 Å². The molecule has 0 aromatic heterocycles. The predicted octanol–water partition coefficient (Wildman–Crippen LogP) is 4.34. The Bertz CT molecular complexity index is 733. The largest absolute Gasteiger partial charge is 0.492 e. The molecule has 0 unspecified atom stereocenters. The molecule has 0 atom stereocenters. The van der Waals surface area contributed by atoms with Gasteiger partial charge in [0.25, 0.3) is 0 Å². The van der Waals surface area contributed by atoms with Crippen molar-refractivity contribution < 1.29 is 19.1 Å². The molecule has 2 aromatic rings. The Morgan fingerprint density at radius 1 is 1.00 bits per heavy atom. The minimum Gasteiger partial charge on any atom is -0.492 e. The van der Waals surface area contributed by atoms with E-state index in [1.807, 2.05) is 12.1 Å². The van der Waals surface area contributed by atoms with Crippen LogP contribution in [0.15, 0.2) is 48.5 Å². The molecule has 4 nitrogen and oxygen atoms in total. The molecule has 2 rings (SSSR count). The maximum absolute atomic E-state index is 12.3. The number of rotatable bonds is 7. The van der Waals surface area contributed by atoms with Gasteiger partial charge in [-0.2, -0.15) is 0 Å². The highest BCUT2D eigenvalue weighted by Crippen LogP contribution is 2.21. The van der Waals surface area contributed by atoms with Gasteiger partial charge in [0, 0.05) is 17.0 Å². The maximum atomic E-state index is 12.3. The monoisotopic (exact) mass is 360 g/mol. The normalized spacial score (nSPS) is 11.0. The molecule has 0 aliphatic carbocycles. The first-order valence-corrected chi connectivity index (χ1v) is 8.28. The zero-order valence-corrected chi connectivity index (χ0v) is 15.3. The van der Waals surface area contributed by atoms with Crippen LogP contribution in [0.3, 0.4) is 0 Å². The van der Waals surface area contributed by atoms with Gasteiger partial charge < -0.3 is 9.47 Å². The Kier molecular flexibility index (Phi) is 6.21. The van der Waals surface area contributed by atoms with Gasteiger partial charge in [-0.25, -0.2) is 0 Å². The molecule has 2 aromatic carbocycles. The van der Waals surface area contributed by atoms with Crippen molar-refractivity contribution in [3.8, 4) is 5.75 Å². The third-order valence-electron chi connectivity index (χ3n) is 3.79. The fourth-order valence-electron chi connectivity index (χ4n) is 2.23. The number of hydrogen-bond donors (Lipinski definition) is 0. The molecule has 0 heterocycles. The molecule has 0 aliphatic heterocycles. The molecule has 0 fully saturated rings. The van der Waals surface area contributed by atoms with Crippen LogP contribution in [0.1, 0.15) is 29.8 Å². The summed E-state index contributed by atoms with van der Waals surface area (Å²) in [6.07, 6.45) is 0.312. The first kappa shape index (κ1) is 19.0. The van der Waals surface area contributed by atoms with E-state index in [4.69, 9.17) is 21.1 Å². The molecular weight excluding hydrogens is 340 g/mol. The number of halogens is 1. The van der Waals surface area contributed by atoms with E-state index in [0.29, 0.717) is 22.8 Å². The quantitative estimate of drug-likeness (QED) is 0.544. The highest BCUT2D eigenvalue weighted by atomic mass is 35.5. The van der Waals surface area contributed by atoms with Crippen molar-refractivity contribution in [3.63, 3.8) is 0 Å². The van der Waals surface area contributed by atoms with Crippen LogP contribution in [0, 0.1) is 5.41 Å². The van der Waals surface area contributed by atoms with E-state index < -0.39 is 5.41 Å². The Morgan fingerprint density at radius 2 is 1.60 bits per heavy atom. The summed E-state index contributed by atoms with van der Waals surface area (Å²) in [5.74, 6) is 0.283. The van der Waals surface area contributed by atoms with E-state index in [0.717, 1.165) is 5.56 Å². The van der Waals surface area contributed by atoms with Crippen LogP contribution in [0.25, 0.3) is 0 Å². The lowest BCUT2D eigenvalue weighted by molar-refractivity contribution is -0.152. The van der Waals surface area contributed by atoms with E-state index >= 15 is 0 Å². The standard InChI is InChI=1S/C20H21ClO4/c1-20(2,19(23)24-3)13-25-17-10-6-15(7-11-17)18(22)12-14-4-8-16(21)9-5-14/h4-11H,12-13H2,1-3H3. The first-order chi connectivity index (χ1) is 11.8. The molecule has 0 N–H and O–H groups in total. The van der Waals surface area contributed by atoms with Crippen molar-refractivity contribution in [2.24, 2.45) is 5.41 Å². The van der Waals surface area contributed by atoms with E-state index in [1.54, 1.807) is 50.2 Å². The Balaban J connectivity index is 1.96. The Morgan fingerprint density at radius 3 is 2.16 bits per heavy atom. The minimum atomic E-state index is -0.738. The van der Waals surface area contributed by atoms with E-state index in [-0.39, 0.29) is 18.4 Å². The Hall–Kier alpha value is -2.33. The summed E-state index contributed by atoms with van der Waals surface area (Å²) in [7, 11) is 1.35. The van der Waals surface area contributed by atoms with Crippen molar-refractivity contribution in [1.29, 1.82) is 0 Å². The van der Waals surface area contributed by atoms with Gasteiger partial charge in [0.05, 0.1) is 12.5 Å². The Labute approximate surface area is 152 Å². The SMILES string of the molecule is COC(=O)C(C)(C)COc1ccc(C(=O)Cc2ccc(Cl)cc2)cc1. The van der Waals surface area contributed by atoms with Gasteiger partial charge in [-0.1, -0.05) is 23.7 Å². The molecule has 0 spiro atoms. The van der Waals surface area contributed by atoms with Crippen LogP contribution in [-0.4, -0.2) is 25.5 Å².